The minimum absolute atomic E-state index is 0.0919. The molecule has 6 heteroatoms. The minimum atomic E-state index is -0.336. The van der Waals surface area contributed by atoms with Crippen molar-refractivity contribution in [2.45, 2.75) is 46.3 Å². The number of rotatable bonds is 6. The lowest BCUT2D eigenvalue weighted by atomic mass is 10.1. The Morgan fingerprint density at radius 1 is 1.47 bits per heavy atom. The lowest BCUT2D eigenvalue weighted by molar-refractivity contribution is 0.163. The van der Waals surface area contributed by atoms with Gasteiger partial charge >= 0.3 is 6.03 Å². The van der Waals surface area contributed by atoms with E-state index in [-0.39, 0.29) is 24.1 Å². The van der Waals surface area contributed by atoms with E-state index in [1.54, 1.807) is 18.3 Å². The Morgan fingerprint density at radius 2 is 2.16 bits per heavy atom. The Morgan fingerprint density at radius 3 is 2.68 bits per heavy atom. The van der Waals surface area contributed by atoms with Gasteiger partial charge in [-0.25, -0.2) is 9.78 Å². The van der Waals surface area contributed by atoms with Gasteiger partial charge in [0.05, 0.1) is 12.1 Å². The number of amides is 2. The van der Waals surface area contributed by atoms with Crippen LogP contribution in [0.5, 0.6) is 0 Å². The average Bonchev–Trinajstić information content (AvgIpc) is 2.72. The Balaban J connectivity index is 2.31. The second-order valence-electron chi connectivity index (χ2n) is 5.09. The van der Waals surface area contributed by atoms with Gasteiger partial charge < -0.3 is 15.7 Å². The van der Waals surface area contributed by atoms with E-state index < -0.39 is 0 Å². The van der Waals surface area contributed by atoms with E-state index in [1.807, 2.05) is 26.2 Å². The maximum absolute atomic E-state index is 11.7. The molecule has 0 fully saturated rings. The molecule has 3 unspecified atom stereocenters. The fourth-order valence-corrected chi connectivity index (χ4v) is 2.62. The fraction of sp³-hybridized carbons (Fsp3) is 0.692. The highest BCUT2D eigenvalue weighted by Crippen LogP contribution is 2.17. The van der Waals surface area contributed by atoms with Crippen molar-refractivity contribution in [1.82, 2.24) is 15.6 Å². The Bertz CT molecular complexity index is 406. The average molecular weight is 285 g/mol. The largest absolute Gasteiger partial charge is 0.393 e. The number of nitrogens with one attached hydrogen (secondary N) is 2. The molecule has 5 nitrogen and oxygen atoms in total. The van der Waals surface area contributed by atoms with Crippen LogP contribution < -0.4 is 10.6 Å². The zero-order valence-corrected chi connectivity index (χ0v) is 12.8. The molecule has 3 atom stereocenters. The summed E-state index contributed by atoms with van der Waals surface area (Å²) < 4.78 is 0. The first kappa shape index (κ1) is 15.9. The highest BCUT2D eigenvalue weighted by molar-refractivity contribution is 7.09. The van der Waals surface area contributed by atoms with Crippen LogP contribution in [0.4, 0.5) is 4.79 Å². The van der Waals surface area contributed by atoms with Crippen molar-refractivity contribution in [3.8, 4) is 0 Å². The van der Waals surface area contributed by atoms with Gasteiger partial charge in [0.25, 0.3) is 0 Å². The molecule has 0 aromatic carbocycles. The van der Waals surface area contributed by atoms with Crippen LogP contribution in [0.2, 0.25) is 0 Å². The van der Waals surface area contributed by atoms with E-state index in [4.69, 9.17) is 0 Å². The first-order valence-corrected chi connectivity index (χ1v) is 7.41. The van der Waals surface area contributed by atoms with E-state index in [0.717, 1.165) is 10.7 Å². The summed E-state index contributed by atoms with van der Waals surface area (Å²) in [5.41, 5.74) is 0.972. The van der Waals surface area contributed by atoms with Gasteiger partial charge in [-0.05, 0) is 33.1 Å². The molecule has 0 aliphatic carbocycles. The normalized spacial score (nSPS) is 15.6. The summed E-state index contributed by atoms with van der Waals surface area (Å²) in [6, 6.07) is -0.288. The number of nitrogens with zero attached hydrogens (tertiary/aromatic N) is 1. The highest BCUT2D eigenvalue weighted by atomic mass is 32.1. The number of urea groups is 1. The summed E-state index contributed by atoms with van der Waals surface area (Å²) >= 11 is 1.55. The van der Waals surface area contributed by atoms with Crippen LogP contribution in [0.15, 0.2) is 5.38 Å². The molecule has 1 heterocycles. The Kier molecular flexibility index (Phi) is 6.24. The Labute approximate surface area is 118 Å². The van der Waals surface area contributed by atoms with Crippen molar-refractivity contribution in [3.05, 3.63) is 16.1 Å². The predicted molar refractivity (Wildman–Crippen MR) is 77.3 cm³/mol. The number of hydrogen-bond donors (Lipinski definition) is 3. The molecule has 2 amide bonds. The Hall–Kier alpha value is -1.14. The van der Waals surface area contributed by atoms with Crippen molar-refractivity contribution in [2.75, 3.05) is 6.54 Å². The molecule has 1 aromatic rings. The molecule has 0 aliphatic rings. The zero-order chi connectivity index (χ0) is 14.4. The summed E-state index contributed by atoms with van der Waals surface area (Å²) in [4.78, 5) is 16.1. The minimum Gasteiger partial charge on any atom is -0.393 e. The third-order valence-corrected chi connectivity index (χ3v) is 3.85. The van der Waals surface area contributed by atoms with Crippen LogP contribution in [-0.4, -0.2) is 28.8 Å². The highest BCUT2D eigenvalue weighted by Gasteiger charge is 2.13. The summed E-state index contributed by atoms with van der Waals surface area (Å²) in [6.07, 6.45) is 0.346. The topological polar surface area (TPSA) is 74.2 Å². The fourth-order valence-electron chi connectivity index (χ4n) is 1.81. The maximum Gasteiger partial charge on any atom is 0.315 e. The summed E-state index contributed by atoms with van der Waals surface area (Å²) in [5.74, 6) is 0.253. The molecule has 0 radical (unpaired) electrons. The van der Waals surface area contributed by atoms with Gasteiger partial charge in [0.15, 0.2) is 0 Å². The number of aliphatic hydroxyl groups is 1. The van der Waals surface area contributed by atoms with Gasteiger partial charge in [-0.3, -0.25) is 0 Å². The number of aryl methyl sites for hydroxylation is 1. The monoisotopic (exact) mass is 285 g/mol. The van der Waals surface area contributed by atoms with Crippen molar-refractivity contribution < 1.29 is 9.90 Å². The van der Waals surface area contributed by atoms with E-state index >= 15 is 0 Å². The number of aliphatic hydroxyl groups excluding tert-OH is 1. The molecule has 0 bridgehead atoms. The smallest absolute Gasteiger partial charge is 0.315 e. The van der Waals surface area contributed by atoms with Gasteiger partial charge in [-0.1, -0.05) is 6.92 Å². The van der Waals surface area contributed by atoms with Gasteiger partial charge in [0.1, 0.15) is 5.01 Å². The molecule has 1 aromatic heterocycles. The van der Waals surface area contributed by atoms with Crippen LogP contribution in [-0.2, 0) is 0 Å². The zero-order valence-electron chi connectivity index (χ0n) is 11.9. The molecule has 108 valence electrons. The summed E-state index contributed by atoms with van der Waals surface area (Å²) in [7, 11) is 0. The SMILES string of the molecule is Cc1csc(C(C)NC(=O)NCC(C)CC(C)O)n1. The van der Waals surface area contributed by atoms with E-state index in [0.29, 0.717) is 13.0 Å². The summed E-state index contributed by atoms with van der Waals surface area (Å²) in [6.45, 7) is 8.16. The van der Waals surface area contributed by atoms with E-state index in [9.17, 15) is 9.90 Å². The maximum atomic E-state index is 11.7. The van der Waals surface area contributed by atoms with Gasteiger partial charge in [0.2, 0.25) is 0 Å². The predicted octanol–water partition coefficient (Wildman–Crippen LogP) is 2.22. The summed E-state index contributed by atoms with van der Waals surface area (Å²) in [5, 5.41) is 17.8. The van der Waals surface area contributed by atoms with Crippen molar-refractivity contribution in [1.29, 1.82) is 0 Å². The van der Waals surface area contributed by atoms with Crippen LogP contribution in [0.3, 0.4) is 0 Å². The molecular formula is C13H23N3O2S. The van der Waals surface area contributed by atoms with Gasteiger partial charge in [-0.15, -0.1) is 11.3 Å². The van der Waals surface area contributed by atoms with Gasteiger partial charge in [0, 0.05) is 17.6 Å². The van der Waals surface area contributed by atoms with Crippen LogP contribution in [0.1, 0.15) is 43.9 Å². The number of thiazole rings is 1. The third kappa shape index (κ3) is 6.02. The van der Waals surface area contributed by atoms with Crippen molar-refractivity contribution in [2.24, 2.45) is 5.92 Å². The molecule has 0 saturated carbocycles. The van der Waals surface area contributed by atoms with Crippen molar-refractivity contribution in [3.63, 3.8) is 0 Å². The molecule has 1 rings (SSSR count). The van der Waals surface area contributed by atoms with E-state index in [1.165, 1.54) is 0 Å². The van der Waals surface area contributed by atoms with Crippen LogP contribution in [0, 0.1) is 12.8 Å². The second-order valence-corrected chi connectivity index (χ2v) is 5.98. The molecule has 0 spiro atoms. The van der Waals surface area contributed by atoms with Gasteiger partial charge in [-0.2, -0.15) is 0 Å². The molecular weight excluding hydrogens is 262 g/mol. The molecule has 19 heavy (non-hydrogen) atoms. The first-order chi connectivity index (χ1) is 8.88. The van der Waals surface area contributed by atoms with Crippen LogP contribution >= 0.6 is 11.3 Å². The molecule has 0 aliphatic heterocycles. The number of carbonyl (C=O) groups excluding carboxylic acids is 1. The standard InChI is InChI=1S/C13H23N3O2S/c1-8(5-10(3)17)6-14-13(18)16-11(4)12-15-9(2)7-19-12/h7-8,10-11,17H,5-6H2,1-4H3,(H2,14,16,18). The lowest BCUT2D eigenvalue weighted by Gasteiger charge is -2.16. The third-order valence-electron chi connectivity index (χ3n) is 2.71. The second kappa shape index (κ2) is 7.45. The number of hydrogen-bond acceptors (Lipinski definition) is 4. The van der Waals surface area contributed by atoms with Crippen molar-refractivity contribution >= 4 is 17.4 Å². The molecule has 0 saturated heterocycles. The quantitative estimate of drug-likeness (QED) is 0.750. The number of aromatic nitrogens is 1. The molecule has 3 N–H and O–H groups in total. The lowest BCUT2D eigenvalue weighted by Crippen LogP contribution is -2.39. The first-order valence-electron chi connectivity index (χ1n) is 6.53. The number of carbonyl (C=O) groups is 1. The van der Waals surface area contributed by atoms with Crippen LogP contribution in [0.25, 0.3) is 0 Å². The van der Waals surface area contributed by atoms with E-state index in [2.05, 4.69) is 15.6 Å².